The predicted molar refractivity (Wildman–Crippen MR) is 136 cm³/mol. The van der Waals surface area contributed by atoms with Crippen LogP contribution in [0.25, 0.3) is 6.08 Å². The van der Waals surface area contributed by atoms with Crippen molar-refractivity contribution in [2.75, 3.05) is 0 Å². The van der Waals surface area contributed by atoms with Gasteiger partial charge in [-0.2, -0.15) is 4.99 Å². The van der Waals surface area contributed by atoms with Crippen molar-refractivity contribution in [1.82, 2.24) is 5.32 Å². The lowest BCUT2D eigenvalue weighted by molar-refractivity contribution is -0.384. The van der Waals surface area contributed by atoms with Gasteiger partial charge in [0.2, 0.25) is 0 Å². The molecule has 0 aromatic heterocycles. The van der Waals surface area contributed by atoms with Crippen molar-refractivity contribution in [1.29, 1.82) is 0 Å². The summed E-state index contributed by atoms with van der Waals surface area (Å²) in [5.41, 5.74) is 1.59. The van der Waals surface area contributed by atoms with Gasteiger partial charge < -0.3 is 10.1 Å². The first-order valence-corrected chi connectivity index (χ1v) is 11.6. The van der Waals surface area contributed by atoms with E-state index in [1.165, 1.54) is 12.1 Å². The molecule has 0 atom stereocenters. The average Bonchev–Trinajstić information content (AvgIpc) is 3.17. The van der Waals surface area contributed by atoms with E-state index >= 15 is 0 Å². The van der Waals surface area contributed by atoms with Gasteiger partial charge in [0.05, 0.1) is 14.9 Å². The van der Waals surface area contributed by atoms with E-state index < -0.39 is 10.8 Å². The van der Waals surface area contributed by atoms with Crippen LogP contribution in [0.3, 0.4) is 0 Å². The number of carbonyl (C=O) groups is 2. The molecule has 0 aliphatic carbocycles. The van der Waals surface area contributed by atoms with E-state index in [4.69, 9.17) is 27.9 Å². The quantitative estimate of drug-likeness (QED) is 0.243. The Hall–Kier alpha value is -3.66. The summed E-state index contributed by atoms with van der Waals surface area (Å²) in [4.78, 5) is 39.4. The van der Waals surface area contributed by atoms with Crippen LogP contribution in [-0.4, -0.2) is 21.9 Å². The summed E-state index contributed by atoms with van der Waals surface area (Å²) in [6, 6.07) is 17.4. The molecule has 8 nitrogen and oxygen atoms in total. The van der Waals surface area contributed by atoms with Crippen LogP contribution in [0, 0.1) is 10.1 Å². The highest BCUT2D eigenvalue weighted by Gasteiger charge is 2.25. The van der Waals surface area contributed by atoms with Gasteiger partial charge in [-0.05, 0) is 65.4 Å². The molecule has 1 aliphatic heterocycles. The third kappa shape index (κ3) is 6.27. The highest BCUT2D eigenvalue weighted by Crippen LogP contribution is 2.31. The molecule has 1 fully saturated rings. The maximum Gasteiger partial charge on any atom is 0.279 e. The van der Waals surface area contributed by atoms with Gasteiger partial charge in [-0.25, -0.2) is 0 Å². The number of nitrogens with one attached hydrogen (secondary N) is 1. The molecule has 1 saturated heterocycles. The molecule has 2 amide bonds. The number of aliphatic imine (C=N–C) groups is 1. The van der Waals surface area contributed by atoms with Crippen LogP contribution in [0.15, 0.2) is 76.6 Å². The second-order valence-corrected chi connectivity index (χ2v) is 9.07. The van der Waals surface area contributed by atoms with E-state index in [-0.39, 0.29) is 23.4 Å². The monoisotopic (exact) mass is 527 g/mol. The Morgan fingerprint density at radius 1 is 1.11 bits per heavy atom. The van der Waals surface area contributed by atoms with E-state index in [9.17, 15) is 19.7 Å². The first-order valence-electron chi connectivity index (χ1n) is 10.0. The lowest BCUT2D eigenvalue weighted by atomic mass is 10.2. The van der Waals surface area contributed by atoms with Crippen molar-refractivity contribution in [2.45, 2.75) is 6.61 Å². The summed E-state index contributed by atoms with van der Waals surface area (Å²) in [6.07, 6.45) is 1.62. The third-order valence-electron chi connectivity index (χ3n) is 4.71. The highest BCUT2D eigenvalue weighted by atomic mass is 35.5. The van der Waals surface area contributed by atoms with E-state index in [1.807, 2.05) is 0 Å². The number of halogens is 2. The van der Waals surface area contributed by atoms with Gasteiger partial charge in [0.15, 0.2) is 5.17 Å². The lowest BCUT2D eigenvalue weighted by Gasteiger charge is -2.09. The molecule has 0 saturated carbocycles. The fourth-order valence-corrected chi connectivity index (χ4v) is 4.21. The summed E-state index contributed by atoms with van der Waals surface area (Å²) >= 11 is 13.2. The van der Waals surface area contributed by atoms with Gasteiger partial charge in [-0.1, -0.05) is 41.4 Å². The first kappa shape index (κ1) is 24.5. The standard InChI is InChI=1S/C24H15Cl2N3O5S/c25-17-7-5-16(6-8-17)22(30)27-24-28-23(31)21(35-24)12-14-4-9-20(19(26)11-14)34-13-15-2-1-3-18(10-15)29(32)33/h1-12H,13H2,(H,27,28,30,31)/b21-12-. The van der Waals surface area contributed by atoms with E-state index in [0.29, 0.717) is 37.4 Å². The zero-order chi connectivity index (χ0) is 24.9. The molecule has 11 heteroatoms. The molecule has 0 unspecified atom stereocenters. The zero-order valence-electron chi connectivity index (χ0n) is 17.7. The number of amidine groups is 1. The van der Waals surface area contributed by atoms with Crippen LogP contribution >= 0.6 is 35.0 Å². The molecule has 3 aromatic carbocycles. The maximum atomic E-state index is 12.3. The molecule has 0 radical (unpaired) electrons. The van der Waals surface area contributed by atoms with Crippen LogP contribution in [0.2, 0.25) is 10.0 Å². The predicted octanol–water partition coefficient (Wildman–Crippen LogP) is 5.88. The molecule has 1 N–H and O–H groups in total. The van der Waals surface area contributed by atoms with Crippen molar-refractivity contribution in [3.8, 4) is 5.75 Å². The topological polar surface area (TPSA) is 111 Å². The summed E-state index contributed by atoms with van der Waals surface area (Å²) in [7, 11) is 0. The number of nitro groups is 1. The van der Waals surface area contributed by atoms with Gasteiger partial charge >= 0.3 is 0 Å². The fraction of sp³-hybridized carbons (Fsp3) is 0.0417. The number of ether oxygens (including phenoxy) is 1. The van der Waals surface area contributed by atoms with E-state index in [0.717, 1.165) is 11.8 Å². The average molecular weight is 528 g/mol. The molecule has 0 spiro atoms. The van der Waals surface area contributed by atoms with Crippen LogP contribution in [0.1, 0.15) is 21.5 Å². The second-order valence-electron chi connectivity index (χ2n) is 7.20. The molecular weight excluding hydrogens is 513 g/mol. The van der Waals surface area contributed by atoms with Gasteiger partial charge in [0, 0.05) is 22.7 Å². The second kappa shape index (κ2) is 10.7. The van der Waals surface area contributed by atoms with Gasteiger partial charge in [0.25, 0.3) is 17.5 Å². The van der Waals surface area contributed by atoms with E-state index in [1.54, 1.807) is 60.7 Å². The van der Waals surface area contributed by atoms with Crippen molar-refractivity contribution in [2.24, 2.45) is 4.99 Å². The summed E-state index contributed by atoms with van der Waals surface area (Å²) in [5.74, 6) is -0.501. The fourth-order valence-electron chi connectivity index (χ4n) is 3.03. The Kier molecular flexibility index (Phi) is 7.50. The number of thioether (sulfide) groups is 1. The minimum atomic E-state index is -0.501. The number of non-ortho nitro benzene ring substituents is 1. The van der Waals surface area contributed by atoms with Gasteiger partial charge in [-0.15, -0.1) is 0 Å². The lowest BCUT2D eigenvalue weighted by Crippen LogP contribution is -2.20. The van der Waals surface area contributed by atoms with Crippen molar-refractivity contribution in [3.05, 3.63) is 108 Å². The third-order valence-corrected chi connectivity index (χ3v) is 6.17. The summed E-state index contributed by atoms with van der Waals surface area (Å²) in [5, 5.41) is 14.5. The minimum absolute atomic E-state index is 0.0238. The largest absolute Gasteiger partial charge is 0.487 e. The smallest absolute Gasteiger partial charge is 0.279 e. The Labute approximate surface area is 213 Å². The van der Waals surface area contributed by atoms with Crippen LogP contribution in [0.4, 0.5) is 5.69 Å². The normalized spacial score (nSPS) is 15.3. The number of hydrogen-bond donors (Lipinski definition) is 1. The zero-order valence-corrected chi connectivity index (χ0v) is 20.1. The number of hydrogen-bond acceptors (Lipinski definition) is 6. The Morgan fingerprint density at radius 3 is 2.60 bits per heavy atom. The maximum absolute atomic E-state index is 12.3. The van der Waals surface area contributed by atoms with Gasteiger partial charge in [0.1, 0.15) is 12.4 Å². The van der Waals surface area contributed by atoms with Crippen LogP contribution in [0.5, 0.6) is 5.75 Å². The number of amides is 2. The number of nitrogens with zero attached hydrogens (tertiary/aromatic N) is 2. The molecule has 35 heavy (non-hydrogen) atoms. The molecule has 1 heterocycles. The number of nitro benzene ring substituents is 1. The minimum Gasteiger partial charge on any atom is -0.487 e. The Morgan fingerprint density at radius 2 is 1.89 bits per heavy atom. The summed E-state index contributed by atoms with van der Waals surface area (Å²) in [6.45, 7) is 0.0988. The van der Waals surface area contributed by atoms with Crippen molar-refractivity contribution in [3.63, 3.8) is 0 Å². The highest BCUT2D eigenvalue weighted by molar-refractivity contribution is 8.18. The number of rotatable bonds is 6. The molecule has 1 aliphatic rings. The molecule has 0 bridgehead atoms. The van der Waals surface area contributed by atoms with E-state index in [2.05, 4.69) is 10.3 Å². The first-order chi connectivity index (χ1) is 16.8. The number of carbonyl (C=O) groups excluding carboxylic acids is 2. The molecule has 176 valence electrons. The van der Waals surface area contributed by atoms with Crippen molar-refractivity contribution >= 4 is 63.7 Å². The molecule has 3 aromatic rings. The Bertz CT molecular complexity index is 1390. The summed E-state index contributed by atoms with van der Waals surface area (Å²) < 4.78 is 5.69. The Balaban J connectivity index is 1.43. The van der Waals surface area contributed by atoms with Crippen molar-refractivity contribution < 1.29 is 19.2 Å². The van der Waals surface area contributed by atoms with Crippen LogP contribution < -0.4 is 10.1 Å². The molecule has 4 rings (SSSR count). The van der Waals surface area contributed by atoms with Crippen LogP contribution in [-0.2, 0) is 11.4 Å². The number of benzene rings is 3. The SMILES string of the molecule is O=C1NC(=NC(=O)c2ccc(Cl)cc2)S/C1=C\c1ccc(OCc2cccc([N+](=O)[O-])c2)c(Cl)c1. The molecular formula is C24H15Cl2N3O5S. The van der Waals surface area contributed by atoms with Gasteiger partial charge in [-0.3, -0.25) is 19.7 Å².